The van der Waals surface area contributed by atoms with E-state index in [-0.39, 0.29) is 0 Å². The van der Waals surface area contributed by atoms with Gasteiger partial charge in [-0.05, 0) is 30.2 Å². The molecule has 0 amide bonds. The third-order valence-electron chi connectivity index (χ3n) is 2.37. The standard InChI is InChI=1S/C13H23NOS/c1-12(2)5-3-8-15-9-7-14-11-13-6-4-10-16-13/h4,6,10,12,14H,3,5,7-9,11H2,1-2H3. The fraction of sp³-hybridized carbons (Fsp3) is 0.692. The monoisotopic (exact) mass is 241 g/mol. The van der Waals surface area contributed by atoms with Crippen LogP contribution >= 0.6 is 11.3 Å². The molecule has 3 heteroatoms. The van der Waals surface area contributed by atoms with Crippen LogP contribution in [-0.4, -0.2) is 19.8 Å². The van der Waals surface area contributed by atoms with E-state index >= 15 is 0 Å². The topological polar surface area (TPSA) is 21.3 Å². The highest BCUT2D eigenvalue weighted by Gasteiger charge is 1.95. The second-order valence-electron chi connectivity index (χ2n) is 4.40. The highest BCUT2D eigenvalue weighted by Crippen LogP contribution is 2.07. The van der Waals surface area contributed by atoms with Gasteiger partial charge in [0, 0.05) is 24.6 Å². The van der Waals surface area contributed by atoms with Crippen molar-refractivity contribution >= 4 is 11.3 Å². The van der Waals surface area contributed by atoms with Crippen LogP contribution < -0.4 is 5.32 Å². The first-order valence-electron chi connectivity index (χ1n) is 6.10. The zero-order valence-corrected chi connectivity index (χ0v) is 11.2. The van der Waals surface area contributed by atoms with Gasteiger partial charge in [0.25, 0.3) is 0 Å². The molecule has 0 aromatic carbocycles. The van der Waals surface area contributed by atoms with Gasteiger partial charge in [0.2, 0.25) is 0 Å². The van der Waals surface area contributed by atoms with E-state index in [0.29, 0.717) is 0 Å². The van der Waals surface area contributed by atoms with Gasteiger partial charge in [-0.1, -0.05) is 19.9 Å². The lowest BCUT2D eigenvalue weighted by Crippen LogP contribution is -2.19. The Labute approximate surface area is 103 Å². The molecule has 1 aromatic rings. The molecule has 0 aliphatic rings. The molecule has 0 fully saturated rings. The van der Waals surface area contributed by atoms with Crippen LogP contribution in [0, 0.1) is 5.92 Å². The predicted molar refractivity (Wildman–Crippen MR) is 70.9 cm³/mol. The normalized spacial score (nSPS) is 11.2. The van der Waals surface area contributed by atoms with Gasteiger partial charge >= 0.3 is 0 Å². The molecular formula is C13H23NOS. The van der Waals surface area contributed by atoms with Crippen LogP contribution in [0.25, 0.3) is 0 Å². The Morgan fingerprint density at radius 2 is 2.25 bits per heavy atom. The van der Waals surface area contributed by atoms with Gasteiger partial charge in [-0.15, -0.1) is 11.3 Å². The van der Waals surface area contributed by atoms with Crippen molar-refractivity contribution in [2.75, 3.05) is 19.8 Å². The Bertz CT molecular complexity index is 246. The minimum absolute atomic E-state index is 0.792. The number of hydrogen-bond donors (Lipinski definition) is 1. The highest BCUT2D eigenvalue weighted by molar-refractivity contribution is 7.09. The van der Waals surface area contributed by atoms with E-state index in [1.807, 2.05) is 0 Å². The first kappa shape index (κ1) is 13.7. The van der Waals surface area contributed by atoms with Crippen molar-refractivity contribution in [1.29, 1.82) is 0 Å². The minimum Gasteiger partial charge on any atom is -0.380 e. The zero-order valence-electron chi connectivity index (χ0n) is 10.4. The Hall–Kier alpha value is -0.380. The van der Waals surface area contributed by atoms with Crippen LogP contribution in [0.5, 0.6) is 0 Å². The number of nitrogens with one attached hydrogen (secondary N) is 1. The average molecular weight is 241 g/mol. The Morgan fingerprint density at radius 3 is 2.94 bits per heavy atom. The van der Waals surface area contributed by atoms with Gasteiger partial charge in [0.15, 0.2) is 0 Å². The molecule has 0 radical (unpaired) electrons. The predicted octanol–water partition coefficient (Wildman–Crippen LogP) is 3.29. The summed E-state index contributed by atoms with van der Waals surface area (Å²) >= 11 is 1.79. The molecule has 0 unspecified atom stereocenters. The highest BCUT2D eigenvalue weighted by atomic mass is 32.1. The van der Waals surface area contributed by atoms with Crippen LogP contribution in [0.2, 0.25) is 0 Å². The second-order valence-corrected chi connectivity index (χ2v) is 5.44. The Balaban J connectivity index is 1.82. The van der Waals surface area contributed by atoms with Crippen molar-refractivity contribution in [3.8, 4) is 0 Å². The minimum atomic E-state index is 0.792. The summed E-state index contributed by atoms with van der Waals surface area (Å²) in [6.07, 6.45) is 2.45. The summed E-state index contributed by atoms with van der Waals surface area (Å²) < 4.78 is 5.54. The summed E-state index contributed by atoms with van der Waals surface area (Å²) in [5.74, 6) is 0.792. The smallest absolute Gasteiger partial charge is 0.0591 e. The summed E-state index contributed by atoms with van der Waals surface area (Å²) in [5.41, 5.74) is 0. The van der Waals surface area contributed by atoms with Gasteiger partial charge in [-0.3, -0.25) is 0 Å². The average Bonchev–Trinajstić information content (AvgIpc) is 2.74. The summed E-state index contributed by atoms with van der Waals surface area (Å²) in [4.78, 5) is 1.39. The number of thiophene rings is 1. The van der Waals surface area contributed by atoms with Crippen LogP contribution in [0.3, 0.4) is 0 Å². The molecule has 0 aliphatic carbocycles. The van der Waals surface area contributed by atoms with E-state index in [0.717, 1.165) is 32.2 Å². The molecule has 0 aliphatic heterocycles. The van der Waals surface area contributed by atoms with E-state index in [2.05, 4.69) is 36.7 Å². The summed E-state index contributed by atoms with van der Waals surface area (Å²) in [5, 5.41) is 5.48. The molecule has 0 saturated carbocycles. The van der Waals surface area contributed by atoms with Gasteiger partial charge in [0.1, 0.15) is 0 Å². The van der Waals surface area contributed by atoms with E-state index in [1.165, 1.54) is 17.7 Å². The maximum Gasteiger partial charge on any atom is 0.0591 e. The molecule has 0 bridgehead atoms. The summed E-state index contributed by atoms with van der Waals surface area (Å²) in [6.45, 7) is 8.14. The lowest BCUT2D eigenvalue weighted by Gasteiger charge is -2.06. The number of hydrogen-bond acceptors (Lipinski definition) is 3. The molecule has 1 N–H and O–H groups in total. The second kappa shape index (κ2) is 8.74. The van der Waals surface area contributed by atoms with Crippen LogP contribution in [0.15, 0.2) is 17.5 Å². The fourth-order valence-electron chi connectivity index (χ4n) is 1.46. The van der Waals surface area contributed by atoms with E-state index < -0.39 is 0 Å². The fourth-order valence-corrected chi connectivity index (χ4v) is 2.14. The Kier molecular flexibility index (Phi) is 7.47. The van der Waals surface area contributed by atoms with Gasteiger partial charge in [0.05, 0.1) is 6.61 Å². The SMILES string of the molecule is CC(C)CCCOCCNCc1cccs1. The maximum absolute atomic E-state index is 5.54. The van der Waals surface area contributed by atoms with Crippen molar-refractivity contribution in [1.82, 2.24) is 5.32 Å². The third kappa shape index (κ3) is 6.99. The number of ether oxygens (including phenoxy) is 1. The lowest BCUT2D eigenvalue weighted by molar-refractivity contribution is 0.129. The molecule has 1 heterocycles. The third-order valence-corrected chi connectivity index (χ3v) is 3.25. The maximum atomic E-state index is 5.54. The van der Waals surface area contributed by atoms with E-state index in [4.69, 9.17) is 4.74 Å². The van der Waals surface area contributed by atoms with Gasteiger partial charge < -0.3 is 10.1 Å². The van der Waals surface area contributed by atoms with Crippen molar-refractivity contribution in [3.63, 3.8) is 0 Å². The van der Waals surface area contributed by atoms with Gasteiger partial charge in [-0.25, -0.2) is 0 Å². The van der Waals surface area contributed by atoms with Crippen LogP contribution in [-0.2, 0) is 11.3 Å². The molecule has 16 heavy (non-hydrogen) atoms. The van der Waals surface area contributed by atoms with E-state index in [9.17, 15) is 0 Å². The van der Waals surface area contributed by atoms with Crippen LogP contribution in [0.1, 0.15) is 31.6 Å². The molecule has 2 nitrogen and oxygen atoms in total. The first-order chi connectivity index (χ1) is 7.79. The lowest BCUT2D eigenvalue weighted by atomic mass is 10.1. The molecule has 1 rings (SSSR count). The molecule has 92 valence electrons. The summed E-state index contributed by atoms with van der Waals surface area (Å²) in [6, 6.07) is 4.24. The number of rotatable bonds is 9. The first-order valence-corrected chi connectivity index (χ1v) is 6.98. The quantitative estimate of drug-likeness (QED) is 0.670. The van der Waals surface area contributed by atoms with E-state index in [1.54, 1.807) is 11.3 Å². The van der Waals surface area contributed by atoms with Crippen molar-refractivity contribution in [3.05, 3.63) is 22.4 Å². The zero-order chi connectivity index (χ0) is 11.6. The molecule has 1 aromatic heterocycles. The molecule has 0 saturated heterocycles. The molecule has 0 atom stereocenters. The largest absolute Gasteiger partial charge is 0.380 e. The molecular weight excluding hydrogens is 218 g/mol. The van der Waals surface area contributed by atoms with Crippen molar-refractivity contribution in [2.24, 2.45) is 5.92 Å². The van der Waals surface area contributed by atoms with Crippen molar-refractivity contribution < 1.29 is 4.74 Å². The Morgan fingerprint density at radius 1 is 1.38 bits per heavy atom. The van der Waals surface area contributed by atoms with Crippen LogP contribution in [0.4, 0.5) is 0 Å². The summed E-state index contributed by atoms with van der Waals surface area (Å²) in [7, 11) is 0. The molecule has 0 spiro atoms. The van der Waals surface area contributed by atoms with Gasteiger partial charge in [-0.2, -0.15) is 0 Å². The van der Waals surface area contributed by atoms with Crippen molar-refractivity contribution in [2.45, 2.75) is 33.2 Å².